The van der Waals surface area contributed by atoms with E-state index in [4.69, 9.17) is 0 Å². The molecule has 0 aromatic rings. The first kappa shape index (κ1) is 13.9. The van der Waals surface area contributed by atoms with Crippen molar-refractivity contribution in [1.82, 2.24) is 0 Å². The predicted molar refractivity (Wildman–Crippen MR) is 57.7 cm³/mol. The zero-order valence-corrected chi connectivity index (χ0v) is 10.4. The van der Waals surface area contributed by atoms with Gasteiger partial charge in [-0.15, -0.1) is 0 Å². The molecule has 0 aromatic heterocycles. The molecular formula is C12H24F2. The first-order chi connectivity index (χ1) is 5.91. The van der Waals surface area contributed by atoms with Crippen molar-refractivity contribution in [3.63, 3.8) is 0 Å². The quantitative estimate of drug-likeness (QED) is 0.617. The maximum atomic E-state index is 13.5. The van der Waals surface area contributed by atoms with Gasteiger partial charge in [-0.3, -0.25) is 0 Å². The second kappa shape index (κ2) is 4.16. The Balaban J connectivity index is 4.09. The van der Waals surface area contributed by atoms with Gasteiger partial charge in [0.25, 0.3) is 0 Å². The van der Waals surface area contributed by atoms with Gasteiger partial charge in [0.05, 0.1) is 0 Å². The van der Waals surface area contributed by atoms with Gasteiger partial charge in [-0.2, -0.15) is 0 Å². The third-order valence-electron chi connectivity index (χ3n) is 2.03. The fraction of sp³-hybridized carbons (Fsp3) is 1.00. The van der Waals surface area contributed by atoms with Crippen LogP contribution in [0.5, 0.6) is 0 Å². The van der Waals surface area contributed by atoms with Crippen LogP contribution in [0.15, 0.2) is 0 Å². The van der Waals surface area contributed by atoms with Gasteiger partial charge in [-0.25, -0.2) is 8.78 Å². The van der Waals surface area contributed by atoms with E-state index in [2.05, 4.69) is 0 Å². The summed E-state index contributed by atoms with van der Waals surface area (Å²) in [7, 11) is 0. The van der Waals surface area contributed by atoms with E-state index in [1.807, 2.05) is 41.5 Å². The molecule has 0 spiro atoms. The normalized spacial score (nSPS) is 14.6. The Hall–Kier alpha value is -0.140. The lowest BCUT2D eigenvalue weighted by Gasteiger charge is -2.28. The number of halogens is 2. The summed E-state index contributed by atoms with van der Waals surface area (Å²) in [5.74, 6) is -2.51. The van der Waals surface area contributed by atoms with Gasteiger partial charge in [-0.1, -0.05) is 41.5 Å². The van der Waals surface area contributed by atoms with Crippen molar-refractivity contribution in [2.45, 2.75) is 66.7 Å². The molecule has 0 saturated heterocycles. The Morgan fingerprint density at radius 2 is 1.14 bits per heavy atom. The van der Waals surface area contributed by atoms with Crippen molar-refractivity contribution < 1.29 is 8.78 Å². The topological polar surface area (TPSA) is 0 Å². The van der Waals surface area contributed by atoms with Crippen LogP contribution in [0.1, 0.15) is 60.8 Å². The fourth-order valence-electron chi connectivity index (χ4n) is 1.42. The highest BCUT2D eigenvalue weighted by atomic mass is 19.3. The SMILES string of the molecule is CC(C)(C)CCC(F)(F)CC(C)(C)C. The molecular weight excluding hydrogens is 182 g/mol. The molecule has 2 heteroatoms. The lowest BCUT2D eigenvalue weighted by Crippen LogP contribution is -2.25. The molecule has 0 atom stereocenters. The van der Waals surface area contributed by atoms with Gasteiger partial charge in [0.15, 0.2) is 0 Å². The molecule has 14 heavy (non-hydrogen) atoms. The summed E-state index contributed by atoms with van der Waals surface area (Å²) in [5.41, 5.74) is -0.289. The summed E-state index contributed by atoms with van der Waals surface area (Å²) < 4.78 is 26.9. The zero-order valence-electron chi connectivity index (χ0n) is 10.4. The van der Waals surface area contributed by atoms with Crippen molar-refractivity contribution in [1.29, 1.82) is 0 Å². The predicted octanol–water partition coefficient (Wildman–Crippen LogP) is 4.88. The zero-order chi connectivity index (χ0) is 11.6. The van der Waals surface area contributed by atoms with Gasteiger partial charge in [-0.05, 0) is 17.3 Å². The smallest absolute Gasteiger partial charge is 0.207 e. The molecule has 0 saturated carbocycles. The van der Waals surface area contributed by atoms with E-state index in [1.165, 1.54) is 0 Å². The Bertz CT molecular complexity index is 170. The van der Waals surface area contributed by atoms with Crippen LogP contribution in [-0.2, 0) is 0 Å². The van der Waals surface area contributed by atoms with E-state index >= 15 is 0 Å². The van der Waals surface area contributed by atoms with Crippen LogP contribution in [-0.4, -0.2) is 5.92 Å². The molecule has 0 fully saturated rings. The number of hydrogen-bond donors (Lipinski definition) is 0. The van der Waals surface area contributed by atoms with Crippen LogP contribution < -0.4 is 0 Å². The van der Waals surface area contributed by atoms with E-state index < -0.39 is 5.92 Å². The van der Waals surface area contributed by atoms with Crippen LogP contribution in [0.4, 0.5) is 8.78 Å². The van der Waals surface area contributed by atoms with Gasteiger partial charge >= 0.3 is 0 Å². The highest BCUT2D eigenvalue weighted by molar-refractivity contribution is 4.77. The molecule has 86 valence electrons. The summed E-state index contributed by atoms with van der Waals surface area (Å²) in [6, 6.07) is 0. The minimum Gasteiger partial charge on any atom is -0.207 e. The minimum atomic E-state index is -2.51. The highest BCUT2D eigenvalue weighted by Crippen LogP contribution is 2.37. The summed E-state index contributed by atoms with van der Waals surface area (Å²) >= 11 is 0. The van der Waals surface area contributed by atoms with Gasteiger partial charge in [0, 0.05) is 12.8 Å². The maximum absolute atomic E-state index is 13.5. The summed E-state index contributed by atoms with van der Waals surface area (Å²) in [6.45, 7) is 11.6. The number of rotatable bonds is 3. The summed E-state index contributed by atoms with van der Waals surface area (Å²) in [6.07, 6.45) is 0.569. The Morgan fingerprint density at radius 1 is 0.714 bits per heavy atom. The molecule has 0 aliphatic heterocycles. The van der Waals surface area contributed by atoms with Crippen LogP contribution in [0, 0.1) is 10.8 Å². The Morgan fingerprint density at radius 3 is 1.43 bits per heavy atom. The maximum Gasteiger partial charge on any atom is 0.248 e. The molecule has 0 bridgehead atoms. The van der Waals surface area contributed by atoms with E-state index in [-0.39, 0.29) is 23.7 Å². The van der Waals surface area contributed by atoms with Crippen molar-refractivity contribution >= 4 is 0 Å². The molecule has 0 unspecified atom stereocenters. The third-order valence-corrected chi connectivity index (χ3v) is 2.03. The van der Waals surface area contributed by atoms with Crippen molar-refractivity contribution in [3.05, 3.63) is 0 Å². The molecule has 0 aliphatic carbocycles. The van der Waals surface area contributed by atoms with Gasteiger partial charge in [0.2, 0.25) is 5.92 Å². The molecule has 0 nitrogen and oxygen atoms in total. The average Bonchev–Trinajstić information content (AvgIpc) is 1.76. The fourth-order valence-corrected chi connectivity index (χ4v) is 1.42. The molecule has 0 rings (SSSR count). The standard InChI is InChI=1S/C12H24F2/c1-10(2,3)7-8-12(13,14)9-11(4,5)6/h7-9H2,1-6H3. The highest BCUT2D eigenvalue weighted by Gasteiger charge is 2.35. The van der Waals surface area contributed by atoms with Crippen LogP contribution in [0.25, 0.3) is 0 Å². The molecule has 0 N–H and O–H groups in total. The van der Waals surface area contributed by atoms with E-state index in [1.54, 1.807) is 0 Å². The second-order valence-corrected chi connectivity index (χ2v) is 6.65. The average molecular weight is 206 g/mol. The molecule has 0 radical (unpaired) electrons. The van der Waals surface area contributed by atoms with Gasteiger partial charge in [0.1, 0.15) is 0 Å². The molecule has 0 heterocycles. The minimum absolute atomic E-state index is 0.00130. The van der Waals surface area contributed by atoms with Crippen LogP contribution in [0.2, 0.25) is 0 Å². The molecule has 0 aliphatic rings. The number of hydrogen-bond acceptors (Lipinski definition) is 0. The first-order valence-electron chi connectivity index (χ1n) is 5.29. The van der Waals surface area contributed by atoms with Crippen molar-refractivity contribution in [3.8, 4) is 0 Å². The Labute approximate surface area is 87.1 Å². The largest absolute Gasteiger partial charge is 0.248 e. The molecule has 0 amide bonds. The van der Waals surface area contributed by atoms with Crippen molar-refractivity contribution in [2.24, 2.45) is 10.8 Å². The van der Waals surface area contributed by atoms with E-state index in [0.29, 0.717) is 6.42 Å². The van der Waals surface area contributed by atoms with Crippen LogP contribution in [0.3, 0.4) is 0 Å². The lowest BCUT2D eigenvalue weighted by molar-refractivity contribution is -0.0503. The second-order valence-electron chi connectivity index (χ2n) is 6.65. The number of alkyl halides is 2. The van der Waals surface area contributed by atoms with Crippen LogP contribution >= 0.6 is 0 Å². The summed E-state index contributed by atoms with van der Waals surface area (Å²) in [5, 5.41) is 0. The first-order valence-corrected chi connectivity index (χ1v) is 5.29. The lowest BCUT2D eigenvalue weighted by atomic mass is 9.83. The van der Waals surface area contributed by atoms with E-state index in [0.717, 1.165) is 0 Å². The Kier molecular flexibility index (Phi) is 4.12. The van der Waals surface area contributed by atoms with Gasteiger partial charge < -0.3 is 0 Å². The summed E-state index contributed by atoms with van der Waals surface area (Å²) in [4.78, 5) is 0. The van der Waals surface area contributed by atoms with E-state index in [9.17, 15) is 8.78 Å². The van der Waals surface area contributed by atoms with Crippen molar-refractivity contribution in [2.75, 3.05) is 0 Å². The molecule has 0 aromatic carbocycles. The third kappa shape index (κ3) is 8.46. The monoisotopic (exact) mass is 206 g/mol.